The maximum Gasteiger partial charge on any atom is 0.200 e. The van der Waals surface area contributed by atoms with Crippen molar-refractivity contribution < 1.29 is 13.5 Å². The van der Waals surface area contributed by atoms with Crippen molar-refractivity contribution in [3.8, 4) is 5.75 Å². The van der Waals surface area contributed by atoms with Gasteiger partial charge in [-0.2, -0.15) is 4.39 Å². The lowest BCUT2D eigenvalue weighted by Gasteiger charge is -2.28. The highest BCUT2D eigenvalue weighted by atomic mass is 19.2. The molecular weight excluding hydrogens is 282 g/mol. The van der Waals surface area contributed by atoms with E-state index < -0.39 is 11.6 Å². The van der Waals surface area contributed by atoms with Crippen LogP contribution in [0.4, 0.5) is 8.78 Å². The maximum atomic E-state index is 13.7. The van der Waals surface area contributed by atoms with Crippen LogP contribution in [0.5, 0.6) is 5.75 Å². The molecule has 0 amide bonds. The van der Waals surface area contributed by atoms with Crippen molar-refractivity contribution in [1.82, 2.24) is 0 Å². The molecule has 0 bridgehead atoms. The van der Waals surface area contributed by atoms with E-state index in [9.17, 15) is 8.78 Å². The normalized spacial score (nSPS) is 21.8. The summed E-state index contributed by atoms with van der Waals surface area (Å²) in [5, 5.41) is 0. The molecule has 0 N–H and O–H groups in total. The standard InChI is InChI=1S/C19H28F2O/c1-3-5-15-8-10-16(11-9-15)6-4-13-22-17-12-7-14(2)18(20)19(17)21/h7,12,15-16H,3-6,8-11,13H2,1-2H3. The molecule has 1 aliphatic carbocycles. The van der Waals surface area contributed by atoms with Crippen LogP contribution in [0.15, 0.2) is 12.1 Å². The molecule has 1 aromatic carbocycles. The number of hydrogen-bond donors (Lipinski definition) is 0. The highest BCUT2D eigenvalue weighted by Gasteiger charge is 2.20. The quantitative estimate of drug-likeness (QED) is 0.558. The zero-order chi connectivity index (χ0) is 15.9. The molecule has 0 heterocycles. The van der Waals surface area contributed by atoms with Gasteiger partial charge in [-0.1, -0.05) is 51.5 Å². The second-order valence-corrected chi connectivity index (χ2v) is 6.67. The predicted octanol–water partition coefficient (Wildman–Crippen LogP) is 6.04. The van der Waals surface area contributed by atoms with Crippen molar-refractivity contribution in [1.29, 1.82) is 0 Å². The van der Waals surface area contributed by atoms with E-state index in [1.165, 1.54) is 44.6 Å². The van der Waals surface area contributed by atoms with Crippen molar-refractivity contribution >= 4 is 0 Å². The number of hydrogen-bond acceptors (Lipinski definition) is 1. The molecule has 0 radical (unpaired) electrons. The molecule has 1 aliphatic rings. The van der Waals surface area contributed by atoms with E-state index in [1.807, 2.05) is 0 Å². The number of ether oxygens (including phenoxy) is 1. The van der Waals surface area contributed by atoms with Gasteiger partial charge in [0.25, 0.3) is 0 Å². The molecule has 1 nitrogen and oxygen atoms in total. The Morgan fingerprint density at radius 2 is 1.64 bits per heavy atom. The van der Waals surface area contributed by atoms with Crippen molar-refractivity contribution in [3.05, 3.63) is 29.3 Å². The largest absolute Gasteiger partial charge is 0.490 e. The van der Waals surface area contributed by atoms with Crippen molar-refractivity contribution in [2.45, 2.75) is 65.2 Å². The van der Waals surface area contributed by atoms with Gasteiger partial charge in [-0.15, -0.1) is 0 Å². The van der Waals surface area contributed by atoms with E-state index in [-0.39, 0.29) is 5.75 Å². The minimum atomic E-state index is -0.861. The van der Waals surface area contributed by atoms with Crippen LogP contribution in [0.2, 0.25) is 0 Å². The lowest BCUT2D eigenvalue weighted by Crippen LogP contribution is -2.15. The molecule has 0 atom stereocenters. The van der Waals surface area contributed by atoms with Gasteiger partial charge in [-0.3, -0.25) is 0 Å². The van der Waals surface area contributed by atoms with Crippen LogP contribution in [0.1, 0.15) is 63.9 Å². The van der Waals surface area contributed by atoms with Crippen LogP contribution in [-0.2, 0) is 0 Å². The smallest absolute Gasteiger partial charge is 0.200 e. The zero-order valence-electron chi connectivity index (χ0n) is 13.8. The summed E-state index contributed by atoms with van der Waals surface area (Å²) in [7, 11) is 0. The molecule has 2 rings (SSSR count). The number of aryl methyl sites for hydroxylation is 1. The Labute approximate surface area is 133 Å². The minimum absolute atomic E-state index is 0.0368. The predicted molar refractivity (Wildman–Crippen MR) is 86.2 cm³/mol. The molecule has 1 fully saturated rings. The molecule has 0 spiro atoms. The van der Waals surface area contributed by atoms with Gasteiger partial charge in [0.1, 0.15) is 0 Å². The molecule has 0 aliphatic heterocycles. The van der Waals surface area contributed by atoms with Crippen LogP contribution in [-0.4, -0.2) is 6.61 Å². The molecular formula is C19H28F2O. The lowest BCUT2D eigenvalue weighted by molar-refractivity contribution is 0.226. The average Bonchev–Trinajstić information content (AvgIpc) is 2.53. The lowest BCUT2D eigenvalue weighted by atomic mass is 9.78. The van der Waals surface area contributed by atoms with Gasteiger partial charge in [0.15, 0.2) is 11.6 Å². The van der Waals surface area contributed by atoms with Crippen molar-refractivity contribution in [2.24, 2.45) is 11.8 Å². The molecule has 124 valence electrons. The first kappa shape index (κ1) is 17.2. The van der Waals surface area contributed by atoms with Crippen LogP contribution < -0.4 is 4.74 Å². The van der Waals surface area contributed by atoms with Gasteiger partial charge in [0.2, 0.25) is 5.82 Å². The number of benzene rings is 1. The van der Waals surface area contributed by atoms with Gasteiger partial charge < -0.3 is 4.74 Å². The van der Waals surface area contributed by atoms with Crippen molar-refractivity contribution in [3.63, 3.8) is 0 Å². The first-order valence-corrected chi connectivity index (χ1v) is 8.69. The Hall–Kier alpha value is -1.12. The highest BCUT2D eigenvalue weighted by molar-refractivity contribution is 5.30. The van der Waals surface area contributed by atoms with Gasteiger partial charge in [0.05, 0.1) is 6.61 Å². The summed E-state index contributed by atoms with van der Waals surface area (Å²) < 4.78 is 32.5. The highest BCUT2D eigenvalue weighted by Crippen LogP contribution is 2.33. The second kappa shape index (κ2) is 8.50. The fraction of sp³-hybridized carbons (Fsp3) is 0.684. The molecule has 22 heavy (non-hydrogen) atoms. The van der Waals surface area contributed by atoms with Crippen molar-refractivity contribution in [2.75, 3.05) is 6.61 Å². The van der Waals surface area contributed by atoms with Gasteiger partial charge >= 0.3 is 0 Å². The Morgan fingerprint density at radius 3 is 2.27 bits per heavy atom. The minimum Gasteiger partial charge on any atom is -0.490 e. The SMILES string of the molecule is CCCC1CCC(CCCOc2ccc(C)c(F)c2F)CC1. The van der Waals surface area contributed by atoms with Gasteiger partial charge in [-0.05, 0) is 43.2 Å². The fourth-order valence-corrected chi connectivity index (χ4v) is 3.51. The van der Waals surface area contributed by atoms with E-state index >= 15 is 0 Å². The van der Waals surface area contributed by atoms with Crippen LogP contribution in [0.3, 0.4) is 0 Å². The topological polar surface area (TPSA) is 9.23 Å². The van der Waals surface area contributed by atoms with Gasteiger partial charge in [0, 0.05) is 0 Å². The Bertz CT molecular complexity index is 465. The van der Waals surface area contributed by atoms with E-state index in [4.69, 9.17) is 4.74 Å². The first-order chi connectivity index (χ1) is 10.6. The molecule has 3 heteroatoms. The monoisotopic (exact) mass is 310 g/mol. The third-order valence-corrected chi connectivity index (χ3v) is 4.92. The van der Waals surface area contributed by atoms with E-state index in [0.29, 0.717) is 12.2 Å². The second-order valence-electron chi connectivity index (χ2n) is 6.67. The molecule has 0 aromatic heterocycles. The van der Waals surface area contributed by atoms with E-state index in [2.05, 4.69) is 6.92 Å². The summed E-state index contributed by atoms with van der Waals surface area (Å²) >= 11 is 0. The molecule has 1 aromatic rings. The summed E-state index contributed by atoms with van der Waals surface area (Å²) in [4.78, 5) is 0. The van der Waals surface area contributed by atoms with Crippen LogP contribution in [0.25, 0.3) is 0 Å². The number of halogens is 2. The summed E-state index contributed by atoms with van der Waals surface area (Å²) in [6.45, 7) is 4.28. The fourth-order valence-electron chi connectivity index (χ4n) is 3.51. The molecule has 1 saturated carbocycles. The van der Waals surface area contributed by atoms with Gasteiger partial charge in [-0.25, -0.2) is 4.39 Å². The average molecular weight is 310 g/mol. The van der Waals surface area contributed by atoms with Crippen LogP contribution >= 0.6 is 0 Å². The zero-order valence-corrected chi connectivity index (χ0v) is 13.8. The maximum absolute atomic E-state index is 13.7. The molecule has 0 unspecified atom stereocenters. The summed E-state index contributed by atoms with van der Waals surface area (Å²) in [6, 6.07) is 3.08. The summed E-state index contributed by atoms with van der Waals surface area (Å²) in [5.41, 5.74) is 0.314. The van der Waals surface area contributed by atoms with Crippen LogP contribution in [0, 0.1) is 30.4 Å². The Kier molecular flexibility index (Phi) is 6.66. The first-order valence-electron chi connectivity index (χ1n) is 8.69. The third-order valence-electron chi connectivity index (χ3n) is 4.92. The summed E-state index contributed by atoms with van der Waals surface area (Å²) in [5.74, 6) is 0.0972. The summed E-state index contributed by atoms with van der Waals surface area (Å²) in [6.07, 6.45) is 10.1. The molecule has 0 saturated heterocycles. The van der Waals surface area contributed by atoms with E-state index in [0.717, 1.165) is 24.7 Å². The van der Waals surface area contributed by atoms with E-state index in [1.54, 1.807) is 13.0 Å². The Morgan fingerprint density at radius 1 is 1.00 bits per heavy atom. The number of rotatable bonds is 7. The Balaban J connectivity index is 1.67. The third kappa shape index (κ3) is 4.69.